The number of pyridine rings is 1. The monoisotopic (exact) mass is 195 g/mol. The van der Waals surface area contributed by atoms with Crippen LogP contribution in [-0.2, 0) is 4.74 Å². The average Bonchev–Trinajstić information content (AvgIpc) is 2.26. The molecule has 1 aromatic heterocycles. The molecule has 1 rings (SSSR count). The van der Waals surface area contributed by atoms with E-state index < -0.39 is 0 Å². The molecule has 1 aromatic rings. The average molecular weight is 195 g/mol. The predicted octanol–water partition coefficient (Wildman–Crippen LogP) is 1.01. The molecule has 0 spiro atoms. The summed E-state index contributed by atoms with van der Waals surface area (Å²) in [5, 5.41) is 0. The van der Waals surface area contributed by atoms with Gasteiger partial charge in [0, 0.05) is 31.6 Å². The highest BCUT2D eigenvalue weighted by Gasteiger charge is 2.08. The van der Waals surface area contributed by atoms with Crippen molar-refractivity contribution in [1.82, 2.24) is 10.4 Å². The molecule has 1 unspecified atom stereocenters. The minimum atomic E-state index is 0.121. The molecule has 1 heterocycles. The summed E-state index contributed by atoms with van der Waals surface area (Å²) in [5.41, 5.74) is 3.85. The lowest BCUT2D eigenvalue weighted by atomic mass is 10.1. The van der Waals surface area contributed by atoms with E-state index in [9.17, 15) is 0 Å². The number of nitrogens with two attached hydrogens (primary N) is 1. The summed E-state index contributed by atoms with van der Waals surface area (Å²) >= 11 is 0. The van der Waals surface area contributed by atoms with E-state index in [1.807, 2.05) is 25.3 Å². The molecule has 1 atom stereocenters. The van der Waals surface area contributed by atoms with Crippen LogP contribution in [0.15, 0.2) is 24.5 Å². The van der Waals surface area contributed by atoms with Gasteiger partial charge in [0.25, 0.3) is 0 Å². The quantitative estimate of drug-likeness (QED) is 0.404. The molecule has 0 aliphatic carbocycles. The van der Waals surface area contributed by atoms with Crippen molar-refractivity contribution in [3.8, 4) is 0 Å². The molecular weight excluding hydrogens is 178 g/mol. The van der Waals surface area contributed by atoms with Crippen LogP contribution < -0.4 is 11.3 Å². The lowest BCUT2D eigenvalue weighted by molar-refractivity contribution is 0.136. The maximum Gasteiger partial charge on any atom is 0.0497 e. The summed E-state index contributed by atoms with van der Waals surface area (Å²) in [4.78, 5) is 4.05. The fourth-order valence-electron chi connectivity index (χ4n) is 1.27. The van der Waals surface area contributed by atoms with Crippen LogP contribution >= 0.6 is 0 Å². The Labute approximate surface area is 84.4 Å². The topological polar surface area (TPSA) is 60.2 Å². The zero-order chi connectivity index (χ0) is 10.2. The van der Waals surface area contributed by atoms with Gasteiger partial charge in [-0.05, 0) is 25.0 Å². The van der Waals surface area contributed by atoms with E-state index in [2.05, 4.69) is 10.4 Å². The third kappa shape index (κ3) is 3.41. The van der Waals surface area contributed by atoms with E-state index in [4.69, 9.17) is 10.6 Å². The Hall–Kier alpha value is -0.970. The molecule has 0 bridgehead atoms. The number of nitrogens with zero attached hydrogens (tertiary/aromatic N) is 1. The van der Waals surface area contributed by atoms with E-state index >= 15 is 0 Å². The second kappa shape index (κ2) is 6.48. The summed E-state index contributed by atoms with van der Waals surface area (Å²) in [5.74, 6) is 5.45. The number of rotatable bonds is 6. The first kappa shape index (κ1) is 11.1. The predicted molar refractivity (Wildman–Crippen MR) is 55.4 cm³/mol. The molecule has 0 radical (unpaired) electrons. The lowest BCUT2D eigenvalue weighted by Gasteiger charge is -2.15. The number of nitrogens with one attached hydrogen (secondary N) is 1. The standard InChI is InChI=1S/C10H17N3O/c1-2-14-7-5-10(13-11)9-4-3-6-12-8-9/h3-4,6,8,10,13H,2,5,7,11H2,1H3. The summed E-state index contributed by atoms with van der Waals surface area (Å²) in [6.07, 6.45) is 4.42. The van der Waals surface area contributed by atoms with E-state index in [-0.39, 0.29) is 6.04 Å². The Balaban J connectivity index is 2.46. The Morgan fingerprint density at radius 1 is 1.64 bits per heavy atom. The SMILES string of the molecule is CCOCCC(NN)c1cccnc1. The van der Waals surface area contributed by atoms with E-state index in [0.717, 1.165) is 18.6 Å². The highest BCUT2D eigenvalue weighted by molar-refractivity contribution is 5.13. The molecule has 14 heavy (non-hydrogen) atoms. The number of hydrazine groups is 1. The molecule has 3 N–H and O–H groups in total. The molecular formula is C10H17N3O. The van der Waals surface area contributed by atoms with Crippen LogP contribution in [-0.4, -0.2) is 18.2 Å². The van der Waals surface area contributed by atoms with Crippen LogP contribution in [0.1, 0.15) is 24.9 Å². The van der Waals surface area contributed by atoms with Crippen LogP contribution in [0, 0.1) is 0 Å². The summed E-state index contributed by atoms with van der Waals surface area (Å²) in [6.45, 7) is 3.43. The molecule has 0 amide bonds. The Kier molecular flexibility index (Phi) is 5.14. The molecule has 78 valence electrons. The van der Waals surface area contributed by atoms with Crippen LogP contribution in [0.25, 0.3) is 0 Å². The Morgan fingerprint density at radius 3 is 3.07 bits per heavy atom. The number of ether oxygens (including phenoxy) is 1. The van der Waals surface area contributed by atoms with Crippen molar-refractivity contribution < 1.29 is 4.74 Å². The van der Waals surface area contributed by atoms with Gasteiger partial charge < -0.3 is 4.74 Å². The van der Waals surface area contributed by atoms with Gasteiger partial charge in [0.05, 0.1) is 0 Å². The minimum Gasteiger partial charge on any atom is -0.382 e. The van der Waals surface area contributed by atoms with E-state index in [1.165, 1.54) is 0 Å². The number of hydrogen-bond acceptors (Lipinski definition) is 4. The van der Waals surface area contributed by atoms with Gasteiger partial charge in [-0.25, -0.2) is 0 Å². The molecule has 4 nitrogen and oxygen atoms in total. The van der Waals surface area contributed by atoms with Crippen molar-refractivity contribution in [2.45, 2.75) is 19.4 Å². The van der Waals surface area contributed by atoms with Crippen LogP contribution in [0.4, 0.5) is 0 Å². The summed E-state index contributed by atoms with van der Waals surface area (Å²) < 4.78 is 5.27. The van der Waals surface area contributed by atoms with Gasteiger partial charge in [-0.2, -0.15) is 0 Å². The zero-order valence-electron chi connectivity index (χ0n) is 8.44. The second-order valence-corrected chi connectivity index (χ2v) is 2.99. The number of aromatic nitrogens is 1. The van der Waals surface area contributed by atoms with Crippen LogP contribution in [0.3, 0.4) is 0 Å². The highest BCUT2D eigenvalue weighted by atomic mass is 16.5. The zero-order valence-corrected chi connectivity index (χ0v) is 8.44. The van der Waals surface area contributed by atoms with Crippen molar-refractivity contribution in [2.24, 2.45) is 5.84 Å². The van der Waals surface area contributed by atoms with Gasteiger partial charge >= 0.3 is 0 Å². The largest absolute Gasteiger partial charge is 0.382 e. The van der Waals surface area contributed by atoms with Gasteiger partial charge in [0.15, 0.2) is 0 Å². The lowest BCUT2D eigenvalue weighted by Crippen LogP contribution is -2.29. The third-order valence-corrected chi connectivity index (χ3v) is 2.04. The van der Waals surface area contributed by atoms with Gasteiger partial charge in [-0.3, -0.25) is 16.3 Å². The molecule has 4 heteroatoms. The van der Waals surface area contributed by atoms with Crippen molar-refractivity contribution in [3.63, 3.8) is 0 Å². The van der Waals surface area contributed by atoms with Crippen molar-refractivity contribution in [1.29, 1.82) is 0 Å². The smallest absolute Gasteiger partial charge is 0.0497 e. The second-order valence-electron chi connectivity index (χ2n) is 2.99. The molecule has 0 aliphatic rings. The van der Waals surface area contributed by atoms with Crippen molar-refractivity contribution in [2.75, 3.05) is 13.2 Å². The maximum atomic E-state index is 5.45. The maximum absolute atomic E-state index is 5.45. The van der Waals surface area contributed by atoms with Crippen molar-refractivity contribution >= 4 is 0 Å². The molecule has 0 aliphatic heterocycles. The van der Waals surface area contributed by atoms with Gasteiger partial charge in [-0.1, -0.05) is 6.07 Å². The van der Waals surface area contributed by atoms with Gasteiger partial charge in [-0.15, -0.1) is 0 Å². The third-order valence-electron chi connectivity index (χ3n) is 2.04. The van der Waals surface area contributed by atoms with Crippen LogP contribution in [0.5, 0.6) is 0 Å². The van der Waals surface area contributed by atoms with Crippen LogP contribution in [0.2, 0.25) is 0 Å². The Morgan fingerprint density at radius 2 is 2.50 bits per heavy atom. The summed E-state index contributed by atoms with van der Waals surface area (Å²) in [6, 6.07) is 4.03. The number of hydrogen-bond donors (Lipinski definition) is 2. The normalized spacial score (nSPS) is 12.7. The first-order chi connectivity index (χ1) is 6.88. The Bertz CT molecular complexity index is 240. The first-order valence-electron chi connectivity index (χ1n) is 4.82. The molecule has 0 saturated carbocycles. The summed E-state index contributed by atoms with van der Waals surface area (Å²) in [7, 11) is 0. The minimum absolute atomic E-state index is 0.121. The van der Waals surface area contributed by atoms with Crippen molar-refractivity contribution in [3.05, 3.63) is 30.1 Å². The van der Waals surface area contributed by atoms with E-state index in [1.54, 1.807) is 6.20 Å². The fourth-order valence-corrected chi connectivity index (χ4v) is 1.27. The fraction of sp³-hybridized carbons (Fsp3) is 0.500. The van der Waals surface area contributed by atoms with Gasteiger partial charge in [0.2, 0.25) is 0 Å². The van der Waals surface area contributed by atoms with E-state index in [0.29, 0.717) is 6.61 Å². The highest BCUT2D eigenvalue weighted by Crippen LogP contribution is 2.13. The molecule has 0 fully saturated rings. The van der Waals surface area contributed by atoms with Gasteiger partial charge in [0.1, 0.15) is 0 Å². The molecule has 0 saturated heterocycles. The first-order valence-corrected chi connectivity index (χ1v) is 4.82. The molecule has 0 aromatic carbocycles.